The van der Waals surface area contributed by atoms with E-state index in [-0.39, 0.29) is 0 Å². The van der Waals surface area contributed by atoms with Crippen molar-refractivity contribution in [1.82, 2.24) is 0 Å². The van der Waals surface area contributed by atoms with Gasteiger partial charge in [-0.2, -0.15) is 0 Å². The minimum atomic E-state index is -0.812. The lowest BCUT2D eigenvalue weighted by atomic mass is 9.94. The molecule has 0 amide bonds. The van der Waals surface area contributed by atoms with E-state index in [9.17, 15) is 5.21 Å². The fourth-order valence-electron chi connectivity index (χ4n) is 0.976. The van der Waals surface area contributed by atoms with Crippen LogP contribution in [-0.4, -0.2) is 23.8 Å². The third-order valence-corrected chi connectivity index (χ3v) is 1.91. The average molecular weight is 163 g/mol. The van der Waals surface area contributed by atoms with Gasteiger partial charge >= 0.3 is 0 Å². The number of nitrogens with one attached hydrogen (secondary N) is 1. The van der Waals surface area contributed by atoms with Crippen molar-refractivity contribution in [3.8, 4) is 0 Å². The van der Waals surface area contributed by atoms with Crippen molar-refractivity contribution in [2.24, 2.45) is 11.5 Å². The van der Waals surface area contributed by atoms with Crippen LogP contribution >= 0.6 is 0 Å². The lowest BCUT2D eigenvalue weighted by molar-refractivity contribution is -1.09. The van der Waals surface area contributed by atoms with E-state index in [1.165, 1.54) is 0 Å². The van der Waals surface area contributed by atoms with Crippen molar-refractivity contribution in [2.45, 2.75) is 25.3 Å². The molecule has 0 aromatic rings. The fourth-order valence-corrected chi connectivity index (χ4v) is 0.976. The zero-order valence-corrected chi connectivity index (χ0v) is 6.84. The molecule has 0 saturated carbocycles. The first kappa shape index (κ1) is 10.8. The highest BCUT2D eigenvalue weighted by atomic mass is 16.8. The first-order chi connectivity index (χ1) is 5.06. The summed E-state index contributed by atoms with van der Waals surface area (Å²) >= 11 is 0. The highest BCUT2D eigenvalue weighted by molar-refractivity contribution is 4.72. The van der Waals surface area contributed by atoms with Crippen LogP contribution in [0.1, 0.15) is 19.8 Å². The zero-order valence-electron chi connectivity index (χ0n) is 6.84. The molecule has 0 radical (unpaired) electrons. The average Bonchev–Trinajstić information content (AvgIpc) is 1.88. The smallest absolute Gasteiger partial charge is 0.126 e. The minimum absolute atomic E-state index is 0.392. The van der Waals surface area contributed by atoms with Crippen LogP contribution in [0.2, 0.25) is 0 Å². The molecule has 11 heavy (non-hydrogen) atoms. The summed E-state index contributed by atoms with van der Waals surface area (Å²) in [6.45, 7) is 2.46. The highest BCUT2D eigenvalue weighted by Gasteiger charge is 2.29. The number of quaternary nitrogens is 1. The first-order valence-corrected chi connectivity index (χ1v) is 3.70. The van der Waals surface area contributed by atoms with E-state index < -0.39 is 10.8 Å². The van der Waals surface area contributed by atoms with Gasteiger partial charge in [0.05, 0.1) is 0 Å². The topological polar surface area (TPSA) is 99.8 Å². The van der Waals surface area contributed by atoms with Crippen LogP contribution < -0.4 is 16.7 Å². The maximum absolute atomic E-state index is 10.7. The van der Waals surface area contributed by atoms with E-state index in [4.69, 9.17) is 16.7 Å². The summed E-state index contributed by atoms with van der Waals surface area (Å²) in [5, 5.41) is 18.7. The fraction of sp³-hybridized carbons (Fsp3) is 1.00. The summed E-state index contributed by atoms with van der Waals surface area (Å²) in [4.78, 5) is 0. The second-order valence-electron chi connectivity index (χ2n) is 2.94. The molecule has 6 N–H and O–H groups in total. The molecule has 0 spiro atoms. The molecular formula is C6H17N3O2. The Labute approximate surface area is 66.5 Å². The molecule has 0 aromatic carbocycles. The molecule has 1 unspecified atom stereocenters. The number of hydroxylamine groups is 2. The van der Waals surface area contributed by atoms with Crippen LogP contribution in [0.25, 0.3) is 0 Å². The van der Waals surface area contributed by atoms with E-state index in [1.54, 1.807) is 6.92 Å². The van der Waals surface area contributed by atoms with Gasteiger partial charge in [0.2, 0.25) is 0 Å². The molecule has 0 heterocycles. The lowest BCUT2D eigenvalue weighted by Gasteiger charge is -2.34. The van der Waals surface area contributed by atoms with Gasteiger partial charge in [-0.3, -0.25) is 0 Å². The Hall–Kier alpha value is -0.200. The van der Waals surface area contributed by atoms with Gasteiger partial charge in [-0.15, -0.1) is 0 Å². The van der Waals surface area contributed by atoms with Gasteiger partial charge in [0.25, 0.3) is 0 Å². The Morgan fingerprint density at radius 3 is 1.91 bits per heavy atom. The van der Waals surface area contributed by atoms with Gasteiger partial charge < -0.3 is 16.7 Å². The van der Waals surface area contributed by atoms with Crippen molar-refractivity contribution in [1.29, 1.82) is 0 Å². The number of rotatable bonds is 5. The van der Waals surface area contributed by atoms with Crippen LogP contribution in [0.15, 0.2) is 0 Å². The third-order valence-electron chi connectivity index (χ3n) is 1.91. The quantitative estimate of drug-likeness (QED) is 0.360. The Bertz CT molecular complexity index is 102. The van der Waals surface area contributed by atoms with Crippen LogP contribution in [0.4, 0.5) is 0 Å². The Morgan fingerprint density at radius 2 is 1.73 bits per heavy atom. The summed E-state index contributed by atoms with van der Waals surface area (Å²) in [6, 6.07) is 0. The van der Waals surface area contributed by atoms with Crippen molar-refractivity contribution >= 4 is 0 Å². The molecule has 0 fully saturated rings. The van der Waals surface area contributed by atoms with E-state index >= 15 is 0 Å². The highest BCUT2D eigenvalue weighted by Crippen LogP contribution is 2.07. The summed E-state index contributed by atoms with van der Waals surface area (Å²) in [7, 11) is 0. The SMILES string of the molecule is CC(CCN)(CCN)[NH+]([O-])O. The number of nitrogens with two attached hydrogens (primary N) is 2. The van der Waals surface area contributed by atoms with Crippen LogP contribution in [0.3, 0.4) is 0 Å². The van der Waals surface area contributed by atoms with E-state index in [2.05, 4.69) is 0 Å². The second-order valence-corrected chi connectivity index (χ2v) is 2.94. The Kier molecular flexibility index (Phi) is 4.55. The normalized spacial score (nSPS) is 15.0. The minimum Gasteiger partial charge on any atom is -0.600 e. The van der Waals surface area contributed by atoms with Crippen molar-refractivity contribution in [3.05, 3.63) is 5.21 Å². The predicted octanol–water partition coefficient (Wildman–Crippen LogP) is -1.79. The van der Waals surface area contributed by atoms with Crippen molar-refractivity contribution in [2.75, 3.05) is 13.1 Å². The molecule has 0 aliphatic rings. The molecular weight excluding hydrogens is 146 g/mol. The van der Waals surface area contributed by atoms with E-state index in [1.807, 2.05) is 0 Å². The predicted molar refractivity (Wildman–Crippen MR) is 41.9 cm³/mol. The molecule has 5 heteroatoms. The first-order valence-electron chi connectivity index (χ1n) is 3.70. The van der Waals surface area contributed by atoms with Crippen LogP contribution in [0, 0.1) is 5.21 Å². The summed E-state index contributed by atoms with van der Waals surface area (Å²) in [5.41, 5.74) is 9.82. The molecule has 68 valence electrons. The van der Waals surface area contributed by atoms with Gasteiger partial charge in [-0.25, -0.2) is 10.4 Å². The molecule has 1 atom stereocenters. The second kappa shape index (κ2) is 4.63. The molecule has 0 saturated heterocycles. The van der Waals surface area contributed by atoms with Gasteiger partial charge in [-0.05, 0) is 20.0 Å². The van der Waals surface area contributed by atoms with E-state index in [0.29, 0.717) is 25.9 Å². The molecule has 0 aliphatic carbocycles. The molecule has 0 rings (SSSR count). The number of hydrogen-bond acceptors (Lipinski definition) is 4. The van der Waals surface area contributed by atoms with Crippen molar-refractivity contribution < 1.29 is 10.4 Å². The summed E-state index contributed by atoms with van der Waals surface area (Å²) in [6.07, 6.45) is 0.971. The summed E-state index contributed by atoms with van der Waals surface area (Å²) < 4.78 is 0. The Morgan fingerprint density at radius 1 is 1.36 bits per heavy atom. The standard InChI is InChI=1S/C6H17N3O2/c1-6(2-4-7,3-5-8)9(10)11/h9-10H,2-5,7-8H2,1H3. The molecule has 0 aromatic heterocycles. The van der Waals surface area contributed by atoms with E-state index in [0.717, 1.165) is 0 Å². The summed E-state index contributed by atoms with van der Waals surface area (Å²) in [5.74, 6) is 0. The molecule has 0 bridgehead atoms. The molecule has 0 aliphatic heterocycles. The lowest BCUT2D eigenvalue weighted by Crippen LogP contribution is -3.13. The third kappa shape index (κ3) is 3.13. The largest absolute Gasteiger partial charge is 0.600 e. The van der Waals surface area contributed by atoms with Gasteiger partial charge in [-0.1, -0.05) is 0 Å². The van der Waals surface area contributed by atoms with Crippen LogP contribution in [0.5, 0.6) is 0 Å². The van der Waals surface area contributed by atoms with Gasteiger partial charge in [0.1, 0.15) is 5.54 Å². The van der Waals surface area contributed by atoms with Gasteiger partial charge in [0, 0.05) is 12.8 Å². The van der Waals surface area contributed by atoms with Crippen LogP contribution in [-0.2, 0) is 0 Å². The van der Waals surface area contributed by atoms with Crippen molar-refractivity contribution in [3.63, 3.8) is 0 Å². The zero-order chi connectivity index (χ0) is 8.91. The maximum Gasteiger partial charge on any atom is 0.126 e. The Balaban J connectivity index is 4.01. The molecule has 5 nitrogen and oxygen atoms in total. The number of hydrogen-bond donors (Lipinski definition) is 4. The maximum atomic E-state index is 10.7. The monoisotopic (exact) mass is 163 g/mol. The van der Waals surface area contributed by atoms with Gasteiger partial charge in [0.15, 0.2) is 0 Å².